The van der Waals surface area contributed by atoms with Gasteiger partial charge >= 0.3 is 0 Å². The first-order valence-corrected chi connectivity index (χ1v) is 5.26. The molecule has 0 fully saturated rings. The molecule has 1 heterocycles. The maximum Gasteiger partial charge on any atom is 0.132 e. The highest BCUT2D eigenvalue weighted by Gasteiger charge is 2.11. The van der Waals surface area contributed by atoms with Crippen LogP contribution in [0, 0.1) is 0 Å². The molecule has 4 heteroatoms. The van der Waals surface area contributed by atoms with E-state index in [9.17, 15) is 0 Å². The number of aromatic nitrogens is 1. The Balaban J connectivity index is 2.46. The first-order chi connectivity index (χ1) is 7.70. The average Bonchev–Trinajstić information content (AvgIpc) is 2.30. The molecule has 0 spiro atoms. The van der Waals surface area contributed by atoms with Crippen molar-refractivity contribution in [3.8, 4) is 0 Å². The lowest BCUT2D eigenvalue weighted by Gasteiger charge is -2.21. The molecule has 0 aliphatic carbocycles. The van der Waals surface area contributed by atoms with Gasteiger partial charge in [0, 0.05) is 13.2 Å². The van der Waals surface area contributed by atoms with Crippen LogP contribution in [0.2, 0.25) is 5.02 Å². The van der Waals surface area contributed by atoms with Crippen molar-refractivity contribution in [2.45, 2.75) is 0 Å². The molecule has 82 valence electrons. The van der Waals surface area contributed by atoms with Crippen molar-refractivity contribution in [3.05, 3.63) is 47.6 Å². The fourth-order valence-corrected chi connectivity index (χ4v) is 1.86. The maximum atomic E-state index is 6.12. The van der Waals surface area contributed by atoms with Gasteiger partial charge in [0.25, 0.3) is 0 Å². The van der Waals surface area contributed by atoms with Gasteiger partial charge in [-0.25, -0.2) is 4.98 Å². The molecular formula is C12H12ClN3. The van der Waals surface area contributed by atoms with E-state index in [1.807, 2.05) is 48.3 Å². The summed E-state index contributed by atoms with van der Waals surface area (Å²) < 4.78 is 0. The van der Waals surface area contributed by atoms with Gasteiger partial charge in [-0.15, -0.1) is 0 Å². The molecular weight excluding hydrogens is 222 g/mol. The number of hydrogen-bond acceptors (Lipinski definition) is 3. The summed E-state index contributed by atoms with van der Waals surface area (Å²) in [4.78, 5) is 6.12. The lowest BCUT2D eigenvalue weighted by molar-refractivity contribution is 1.13. The van der Waals surface area contributed by atoms with Gasteiger partial charge in [-0.1, -0.05) is 23.7 Å². The molecule has 0 atom stereocenters. The molecule has 0 saturated carbocycles. The Kier molecular flexibility index (Phi) is 2.97. The highest BCUT2D eigenvalue weighted by Crippen LogP contribution is 2.34. The number of rotatable bonds is 2. The monoisotopic (exact) mass is 233 g/mol. The predicted molar refractivity (Wildman–Crippen MR) is 68.2 cm³/mol. The second-order valence-corrected chi connectivity index (χ2v) is 3.83. The van der Waals surface area contributed by atoms with Crippen molar-refractivity contribution in [1.82, 2.24) is 4.98 Å². The van der Waals surface area contributed by atoms with Crippen LogP contribution in [-0.4, -0.2) is 12.0 Å². The Morgan fingerprint density at radius 1 is 1.19 bits per heavy atom. The summed E-state index contributed by atoms with van der Waals surface area (Å²) >= 11 is 6.12. The van der Waals surface area contributed by atoms with Gasteiger partial charge in [-0.05, 0) is 24.3 Å². The van der Waals surface area contributed by atoms with E-state index in [0.29, 0.717) is 10.7 Å². The standard InChI is InChI=1S/C12H12ClN3/c1-16(11-7-2-3-8-15-11)12-9(13)5-4-6-10(12)14/h2-8H,14H2,1H3. The van der Waals surface area contributed by atoms with Crippen molar-refractivity contribution < 1.29 is 0 Å². The summed E-state index contributed by atoms with van der Waals surface area (Å²) in [6, 6.07) is 11.2. The molecule has 1 aromatic heterocycles. The van der Waals surface area contributed by atoms with Crippen molar-refractivity contribution in [1.29, 1.82) is 0 Å². The van der Waals surface area contributed by atoms with Gasteiger partial charge in [0.15, 0.2) is 0 Å². The smallest absolute Gasteiger partial charge is 0.132 e. The Morgan fingerprint density at radius 2 is 2.00 bits per heavy atom. The van der Waals surface area contributed by atoms with Crippen LogP contribution in [0.5, 0.6) is 0 Å². The van der Waals surface area contributed by atoms with E-state index in [4.69, 9.17) is 17.3 Å². The predicted octanol–water partition coefficient (Wildman–Crippen LogP) is 3.09. The lowest BCUT2D eigenvalue weighted by Crippen LogP contribution is -2.13. The van der Waals surface area contributed by atoms with Crippen LogP contribution in [0.15, 0.2) is 42.6 Å². The summed E-state index contributed by atoms with van der Waals surface area (Å²) in [5.41, 5.74) is 7.33. The normalized spacial score (nSPS) is 10.1. The van der Waals surface area contributed by atoms with Gasteiger partial charge in [0.05, 0.1) is 16.4 Å². The minimum atomic E-state index is 0.619. The first kappa shape index (κ1) is 10.8. The lowest BCUT2D eigenvalue weighted by atomic mass is 10.2. The van der Waals surface area contributed by atoms with Crippen LogP contribution < -0.4 is 10.6 Å². The van der Waals surface area contributed by atoms with E-state index in [1.54, 1.807) is 6.20 Å². The number of para-hydroxylation sites is 1. The number of pyridine rings is 1. The summed E-state index contributed by atoms with van der Waals surface area (Å²) in [7, 11) is 1.89. The van der Waals surface area contributed by atoms with Crippen molar-refractivity contribution >= 4 is 28.8 Å². The second kappa shape index (κ2) is 4.41. The van der Waals surface area contributed by atoms with Crippen LogP contribution in [0.3, 0.4) is 0 Å². The molecule has 0 bridgehead atoms. The molecule has 2 N–H and O–H groups in total. The van der Waals surface area contributed by atoms with E-state index >= 15 is 0 Å². The topological polar surface area (TPSA) is 42.2 Å². The molecule has 1 aromatic carbocycles. The van der Waals surface area contributed by atoms with Crippen molar-refractivity contribution in [2.75, 3.05) is 17.7 Å². The van der Waals surface area contributed by atoms with Crippen molar-refractivity contribution in [3.63, 3.8) is 0 Å². The number of nitrogens with two attached hydrogens (primary N) is 1. The minimum Gasteiger partial charge on any atom is -0.397 e. The summed E-state index contributed by atoms with van der Waals surface area (Å²) in [6.45, 7) is 0. The van der Waals surface area contributed by atoms with E-state index in [2.05, 4.69) is 4.98 Å². The van der Waals surface area contributed by atoms with Crippen molar-refractivity contribution in [2.24, 2.45) is 0 Å². The molecule has 2 rings (SSSR count). The molecule has 0 radical (unpaired) electrons. The van der Waals surface area contributed by atoms with Crippen LogP contribution in [0.25, 0.3) is 0 Å². The largest absolute Gasteiger partial charge is 0.397 e. The minimum absolute atomic E-state index is 0.619. The third-order valence-corrected chi connectivity index (χ3v) is 2.65. The molecule has 0 unspecified atom stereocenters. The number of halogens is 1. The van der Waals surface area contributed by atoms with E-state index in [0.717, 1.165) is 11.5 Å². The van der Waals surface area contributed by atoms with E-state index in [1.165, 1.54) is 0 Å². The number of anilines is 3. The SMILES string of the molecule is CN(c1ccccn1)c1c(N)cccc1Cl. The maximum absolute atomic E-state index is 6.12. The molecule has 0 aliphatic heterocycles. The average molecular weight is 234 g/mol. The molecule has 0 saturated heterocycles. The third-order valence-electron chi connectivity index (χ3n) is 2.35. The van der Waals surface area contributed by atoms with Gasteiger partial charge in [-0.2, -0.15) is 0 Å². The first-order valence-electron chi connectivity index (χ1n) is 4.89. The summed E-state index contributed by atoms with van der Waals surface area (Å²) in [5, 5.41) is 0.619. The highest BCUT2D eigenvalue weighted by molar-refractivity contribution is 6.34. The Bertz CT molecular complexity index is 465. The molecule has 0 aliphatic rings. The van der Waals surface area contributed by atoms with Crippen LogP contribution >= 0.6 is 11.6 Å². The fraction of sp³-hybridized carbons (Fsp3) is 0.0833. The van der Waals surface area contributed by atoms with Gasteiger partial charge < -0.3 is 10.6 Å². The zero-order chi connectivity index (χ0) is 11.5. The van der Waals surface area contributed by atoms with E-state index in [-0.39, 0.29) is 0 Å². The zero-order valence-electron chi connectivity index (χ0n) is 8.89. The molecule has 3 nitrogen and oxygen atoms in total. The fourth-order valence-electron chi connectivity index (χ4n) is 1.55. The van der Waals surface area contributed by atoms with Crippen LogP contribution in [0.1, 0.15) is 0 Å². The Morgan fingerprint density at radius 3 is 2.62 bits per heavy atom. The van der Waals surface area contributed by atoms with Gasteiger partial charge in [0.1, 0.15) is 5.82 Å². The van der Waals surface area contributed by atoms with Crippen LogP contribution in [0.4, 0.5) is 17.2 Å². The number of nitrogen functional groups attached to an aromatic ring is 1. The zero-order valence-corrected chi connectivity index (χ0v) is 9.65. The van der Waals surface area contributed by atoms with E-state index < -0.39 is 0 Å². The quantitative estimate of drug-likeness (QED) is 0.811. The number of hydrogen-bond donors (Lipinski definition) is 1. The molecule has 2 aromatic rings. The van der Waals surface area contributed by atoms with Crippen LogP contribution in [-0.2, 0) is 0 Å². The number of nitrogens with zero attached hydrogens (tertiary/aromatic N) is 2. The van der Waals surface area contributed by atoms with Gasteiger partial charge in [0.2, 0.25) is 0 Å². The molecule has 0 amide bonds. The summed E-state index contributed by atoms with van der Waals surface area (Å²) in [5.74, 6) is 0.808. The highest BCUT2D eigenvalue weighted by atomic mass is 35.5. The molecule has 16 heavy (non-hydrogen) atoms. The number of benzene rings is 1. The Labute approximate surface area is 99.5 Å². The second-order valence-electron chi connectivity index (χ2n) is 3.42. The third kappa shape index (κ3) is 1.95. The Hall–Kier alpha value is -1.74. The van der Waals surface area contributed by atoms with Gasteiger partial charge in [-0.3, -0.25) is 0 Å². The summed E-state index contributed by atoms with van der Waals surface area (Å²) in [6.07, 6.45) is 1.73.